The monoisotopic (exact) mass is 234 g/mol. The molecule has 0 aliphatic rings. The Labute approximate surface area is 96.8 Å². The molecule has 0 spiro atoms. The van der Waals surface area contributed by atoms with Gasteiger partial charge in [0.25, 0.3) is 5.56 Å². The number of nitrogens with zero attached hydrogens (tertiary/aromatic N) is 3. The minimum atomic E-state index is -0.198. The van der Waals surface area contributed by atoms with Gasteiger partial charge in [-0.3, -0.25) is 19.7 Å². The van der Waals surface area contributed by atoms with Gasteiger partial charge in [0.05, 0.1) is 24.1 Å². The summed E-state index contributed by atoms with van der Waals surface area (Å²) < 4.78 is 2.12. The van der Waals surface area contributed by atoms with Gasteiger partial charge in [-0.2, -0.15) is 0 Å². The SMILES string of the molecule is Cc1cnc(Cn2ccc(=O)[nH]c2=S)cn1. The normalized spacial score (nSPS) is 10.3. The van der Waals surface area contributed by atoms with Crippen molar-refractivity contribution in [1.29, 1.82) is 0 Å². The Morgan fingerprint density at radius 3 is 2.88 bits per heavy atom. The van der Waals surface area contributed by atoms with Gasteiger partial charge in [0, 0.05) is 18.5 Å². The van der Waals surface area contributed by atoms with Crippen LogP contribution in [0.3, 0.4) is 0 Å². The minimum absolute atomic E-state index is 0.198. The van der Waals surface area contributed by atoms with Crippen molar-refractivity contribution < 1.29 is 0 Å². The summed E-state index contributed by atoms with van der Waals surface area (Å²) in [5, 5.41) is 0. The smallest absolute Gasteiger partial charge is 0.251 e. The molecule has 82 valence electrons. The van der Waals surface area contributed by atoms with Crippen LogP contribution in [0.4, 0.5) is 0 Å². The first-order valence-corrected chi connectivity index (χ1v) is 5.13. The van der Waals surface area contributed by atoms with Crippen LogP contribution in [0.5, 0.6) is 0 Å². The van der Waals surface area contributed by atoms with Crippen LogP contribution in [0, 0.1) is 11.7 Å². The summed E-state index contributed by atoms with van der Waals surface area (Å²) in [7, 11) is 0. The van der Waals surface area contributed by atoms with Crippen LogP contribution in [0.25, 0.3) is 0 Å². The standard InChI is InChI=1S/C10H10N4OS/c1-7-4-12-8(5-11-7)6-14-3-2-9(15)13-10(14)16/h2-5H,6H2,1H3,(H,13,15,16). The van der Waals surface area contributed by atoms with Crippen molar-refractivity contribution in [2.75, 3.05) is 0 Å². The van der Waals surface area contributed by atoms with E-state index in [0.717, 1.165) is 11.4 Å². The second-order valence-corrected chi connectivity index (χ2v) is 3.77. The molecular weight excluding hydrogens is 224 g/mol. The largest absolute Gasteiger partial charge is 0.319 e. The number of hydrogen-bond donors (Lipinski definition) is 1. The van der Waals surface area contributed by atoms with Gasteiger partial charge in [0.2, 0.25) is 0 Å². The van der Waals surface area contributed by atoms with Gasteiger partial charge in [0.1, 0.15) is 0 Å². The predicted molar refractivity (Wildman–Crippen MR) is 61.8 cm³/mol. The minimum Gasteiger partial charge on any atom is -0.319 e. The summed E-state index contributed by atoms with van der Waals surface area (Å²) in [5.74, 6) is 0. The molecule has 0 aliphatic carbocycles. The zero-order valence-corrected chi connectivity index (χ0v) is 9.49. The van der Waals surface area contributed by atoms with E-state index in [9.17, 15) is 4.79 Å². The molecule has 1 N–H and O–H groups in total. The lowest BCUT2D eigenvalue weighted by atomic mass is 10.4. The maximum Gasteiger partial charge on any atom is 0.251 e. The van der Waals surface area contributed by atoms with Crippen molar-refractivity contribution in [3.8, 4) is 0 Å². The van der Waals surface area contributed by atoms with E-state index in [1.54, 1.807) is 23.2 Å². The lowest BCUT2D eigenvalue weighted by Crippen LogP contribution is -2.12. The zero-order valence-electron chi connectivity index (χ0n) is 8.67. The van der Waals surface area contributed by atoms with E-state index in [4.69, 9.17) is 12.2 Å². The van der Waals surface area contributed by atoms with Crippen molar-refractivity contribution >= 4 is 12.2 Å². The maximum atomic E-state index is 11.0. The average Bonchev–Trinajstić information content (AvgIpc) is 2.25. The van der Waals surface area contributed by atoms with Crippen LogP contribution >= 0.6 is 12.2 Å². The molecule has 0 amide bonds. The van der Waals surface area contributed by atoms with Crippen molar-refractivity contribution in [3.63, 3.8) is 0 Å². The molecule has 0 saturated carbocycles. The van der Waals surface area contributed by atoms with Gasteiger partial charge in [-0.05, 0) is 19.1 Å². The third kappa shape index (κ3) is 2.40. The fourth-order valence-electron chi connectivity index (χ4n) is 1.24. The average molecular weight is 234 g/mol. The highest BCUT2D eigenvalue weighted by atomic mass is 32.1. The number of aromatic nitrogens is 4. The van der Waals surface area contributed by atoms with Gasteiger partial charge in [-0.1, -0.05) is 0 Å². The van der Waals surface area contributed by atoms with E-state index in [-0.39, 0.29) is 5.56 Å². The van der Waals surface area contributed by atoms with E-state index >= 15 is 0 Å². The van der Waals surface area contributed by atoms with Crippen LogP contribution in [0.1, 0.15) is 11.4 Å². The second kappa shape index (κ2) is 4.36. The topological polar surface area (TPSA) is 63.6 Å². The second-order valence-electron chi connectivity index (χ2n) is 3.39. The van der Waals surface area contributed by atoms with Gasteiger partial charge in [0.15, 0.2) is 4.77 Å². The van der Waals surface area contributed by atoms with E-state index in [0.29, 0.717) is 11.3 Å². The molecular formula is C10H10N4OS. The third-order valence-corrected chi connectivity index (χ3v) is 2.40. The van der Waals surface area contributed by atoms with Crippen LogP contribution in [0.15, 0.2) is 29.5 Å². The molecule has 0 radical (unpaired) electrons. The molecule has 5 nitrogen and oxygen atoms in total. The fourth-order valence-corrected chi connectivity index (χ4v) is 1.47. The Morgan fingerprint density at radius 2 is 2.25 bits per heavy atom. The first kappa shape index (κ1) is 10.7. The third-order valence-electron chi connectivity index (χ3n) is 2.06. The molecule has 0 saturated heterocycles. The summed E-state index contributed by atoms with van der Waals surface area (Å²) in [5.41, 5.74) is 1.47. The van der Waals surface area contributed by atoms with Crippen molar-refractivity contribution in [1.82, 2.24) is 19.5 Å². The molecule has 16 heavy (non-hydrogen) atoms. The highest BCUT2D eigenvalue weighted by molar-refractivity contribution is 7.71. The number of aryl methyl sites for hydroxylation is 1. The summed E-state index contributed by atoms with van der Waals surface area (Å²) >= 11 is 5.02. The molecule has 2 heterocycles. The molecule has 6 heteroatoms. The Bertz CT molecular complexity index is 599. The van der Waals surface area contributed by atoms with Gasteiger partial charge >= 0.3 is 0 Å². The number of nitrogens with one attached hydrogen (secondary N) is 1. The van der Waals surface area contributed by atoms with Gasteiger partial charge in [-0.25, -0.2) is 0 Å². The summed E-state index contributed by atoms with van der Waals surface area (Å²) in [6, 6.07) is 1.43. The maximum absolute atomic E-state index is 11.0. The molecule has 0 aromatic carbocycles. The summed E-state index contributed by atoms with van der Waals surface area (Å²) in [6.07, 6.45) is 5.04. The lowest BCUT2D eigenvalue weighted by Gasteiger charge is -2.04. The quantitative estimate of drug-likeness (QED) is 0.789. The van der Waals surface area contributed by atoms with Crippen LogP contribution in [0.2, 0.25) is 0 Å². The number of H-pyrrole nitrogens is 1. The number of rotatable bonds is 2. The zero-order chi connectivity index (χ0) is 11.5. The van der Waals surface area contributed by atoms with Gasteiger partial charge in [-0.15, -0.1) is 0 Å². The Balaban J connectivity index is 2.30. The fraction of sp³-hybridized carbons (Fsp3) is 0.200. The molecule has 2 aromatic rings. The molecule has 0 unspecified atom stereocenters. The molecule has 0 aliphatic heterocycles. The summed E-state index contributed by atoms with van der Waals surface area (Å²) in [4.78, 5) is 21.9. The molecule has 0 fully saturated rings. The highest BCUT2D eigenvalue weighted by Gasteiger charge is 1.98. The van der Waals surface area contributed by atoms with Crippen LogP contribution in [-0.2, 0) is 6.54 Å². The molecule has 2 aromatic heterocycles. The lowest BCUT2D eigenvalue weighted by molar-refractivity contribution is 0.722. The predicted octanol–water partition coefficient (Wildman–Crippen LogP) is 1.05. The first-order chi connectivity index (χ1) is 7.65. The highest BCUT2D eigenvalue weighted by Crippen LogP contribution is 1.98. The van der Waals surface area contributed by atoms with Crippen molar-refractivity contribution in [2.45, 2.75) is 13.5 Å². The van der Waals surface area contributed by atoms with Crippen LogP contribution < -0.4 is 5.56 Å². The first-order valence-electron chi connectivity index (χ1n) is 4.72. The van der Waals surface area contributed by atoms with E-state index < -0.39 is 0 Å². The van der Waals surface area contributed by atoms with E-state index in [1.807, 2.05) is 6.92 Å². The van der Waals surface area contributed by atoms with Crippen molar-refractivity contribution in [3.05, 3.63) is 51.2 Å². The Hall–Kier alpha value is -1.82. The molecule has 0 atom stereocenters. The van der Waals surface area contributed by atoms with E-state index in [1.165, 1.54) is 6.07 Å². The number of hydrogen-bond acceptors (Lipinski definition) is 4. The Kier molecular flexibility index (Phi) is 2.91. The molecule has 0 bridgehead atoms. The Morgan fingerprint density at radius 1 is 1.44 bits per heavy atom. The summed E-state index contributed by atoms with van der Waals surface area (Å²) in [6.45, 7) is 2.38. The van der Waals surface area contributed by atoms with Gasteiger partial charge < -0.3 is 4.57 Å². The van der Waals surface area contributed by atoms with E-state index in [2.05, 4.69) is 15.0 Å². The van der Waals surface area contributed by atoms with Crippen molar-refractivity contribution in [2.24, 2.45) is 0 Å². The van der Waals surface area contributed by atoms with Crippen LogP contribution in [-0.4, -0.2) is 19.5 Å². The molecule has 2 rings (SSSR count). The number of aromatic amines is 1.